The minimum Gasteiger partial charge on any atom is -0.456 e. The molecule has 324 valence electrons. The van der Waals surface area contributed by atoms with Gasteiger partial charge in [0.1, 0.15) is 24.0 Å². The number of piperidine rings is 1. The van der Waals surface area contributed by atoms with Gasteiger partial charge in [0.05, 0.1) is 30.5 Å². The number of ketones is 2. The molecule has 1 aliphatic carbocycles. The van der Waals surface area contributed by atoms with Gasteiger partial charge in [-0.25, -0.2) is 4.79 Å². The molecule has 1 amide bonds. The molecule has 13 heteroatoms. The van der Waals surface area contributed by atoms with Crippen molar-refractivity contribution in [2.24, 2.45) is 35.5 Å². The summed E-state index contributed by atoms with van der Waals surface area (Å²) in [4.78, 5) is 57.6. The van der Waals surface area contributed by atoms with Gasteiger partial charge in [0, 0.05) is 58.0 Å². The number of amides is 1. The Bertz CT molecular complexity index is 1410. The zero-order valence-electron chi connectivity index (χ0n) is 35.6. The summed E-state index contributed by atoms with van der Waals surface area (Å²) in [5.74, 6) is -7.55. The third-order valence-electron chi connectivity index (χ3n) is 13.4. The van der Waals surface area contributed by atoms with E-state index in [0.29, 0.717) is 62.9 Å². The summed E-state index contributed by atoms with van der Waals surface area (Å²) < 4.78 is 29.1. The Kier molecular flexibility index (Phi) is 17.5. The minimum atomic E-state index is -2.49. The molecule has 0 spiro atoms. The molecule has 4 fully saturated rings. The highest BCUT2D eigenvalue weighted by Crippen LogP contribution is 2.44. The zero-order chi connectivity index (χ0) is 42.2. The van der Waals surface area contributed by atoms with Crippen molar-refractivity contribution in [1.82, 2.24) is 4.90 Å². The van der Waals surface area contributed by atoms with Gasteiger partial charge in [-0.1, -0.05) is 59.6 Å². The number of nitrogens with zero attached hydrogens (tertiary/aromatic N) is 1. The number of fused-ring (bicyclic) bond motifs is 1. The molecule has 0 bridgehead atoms. The fourth-order valence-electron chi connectivity index (χ4n) is 9.89. The van der Waals surface area contributed by atoms with Crippen molar-refractivity contribution in [2.75, 3.05) is 27.9 Å². The predicted molar refractivity (Wildman–Crippen MR) is 213 cm³/mol. The topological polar surface area (TPSA) is 178 Å². The van der Waals surface area contributed by atoms with Crippen LogP contribution in [0.5, 0.6) is 0 Å². The van der Waals surface area contributed by atoms with Gasteiger partial charge < -0.3 is 43.9 Å². The highest BCUT2D eigenvalue weighted by atomic mass is 16.7. The fraction of sp³-hybridized carbons (Fsp3) is 0.818. The van der Waals surface area contributed by atoms with Gasteiger partial charge >= 0.3 is 5.97 Å². The van der Waals surface area contributed by atoms with Crippen LogP contribution in [0.3, 0.4) is 0 Å². The SMILES string of the molecule is C=CC[C@H](CC(C)CCC)C(=O)CC(O)C(C)C1OC(=O)C2C(CCCN2C(=O)C(=O)[C@]2(O)O[C@H]([C@H](CC)OC)[C@@H](OC)C[C@H]2C)/C1=C\[C@@H]1CC[C@@H](O)[C@H](OC)C1. The molecule has 4 aliphatic rings. The average Bonchev–Trinajstić information content (AvgIpc) is 3.19. The molecule has 3 heterocycles. The van der Waals surface area contributed by atoms with Crippen molar-refractivity contribution >= 4 is 23.4 Å². The van der Waals surface area contributed by atoms with E-state index in [1.807, 2.05) is 13.0 Å². The molecule has 3 saturated heterocycles. The monoisotopic (exact) mass is 805 g/mol. The first kappa shape index (κ1) is 47.2. The number of allylic oxidation sites excluding steroid dienone is 2. The summed E-state index contributed by atoms with van der Waals surface area (Å²) in [5, 5.41) is 34.1. The number of likely N-dealkylation sites (tertiary alicyclic amines) is 1. The van der Waals surface area contributed by atoms with E-state index in [0.717, 1.165) is 12.8 Å². The van der Waals surface area contributed by atoms with Crippen LogP contribution in [0, 0.1) is 35.5 Å². The summed E-state index contributed by atoms with van der Waals surface area (Å²) in [7, 11) is 4.59. The van der Waals surface area contributed by atoms with E-state index >= 15 is 0 Å². The lowest BCUT2D eigenvalue weighted by Gasteiger charge is -2.49. The molecule has 3 aliphatic heterocycles. The maximum absolute atomic E-state index is 14.3. The Hall–Kier alpha value is -2.52. The maximum atomic E-state index is 14.3. The molecule has 6 unspecified atom stereocenters. The molecule has 13 nitrogen and oxygen atoms in total. The van der Waals surface area contributed by atoms with Crippen LogP contribution in [0.15, 0.2) is 24.3 Å². The van der Waals surface area contributed by atoms with Gasteiger partial charge in [0.2, 0.25) is 5.79 Å². The minimum absolute atomic E-state index is 0.0631. The summed E-state index contributed by atoms with van der Waals surface area (Å²) in [6.07, 6.45) is 5.36. The molecule has 0 aromatic rings. The number of ether oxygens (including phenoxy) is 5. The highest BCUT2D eigenvalue weighted by molar-refractivity contribution is 6.39. The number of aliphatic hydroxyl groups excluding tert-OH is 2. The number of aliphatic hydroxyl groups is 3. The summed E-state index contributed by atoms with van der Waals surface area (Å²) in [5.41, 5.74) is 0.717. The number of esters is 1. The van der Waals surface area contributed by atoms with Crippen LogP contribution in [-0.2, 0) is 42.9 Å². The van der Waals surface area contributed by atoms with Gasteiger partial charge in [0.15, 0.2) is 0 Å². The Balaban J connectivity index is 1.65. The number of carbonyl (C=O) groups is 4. The van der Waals surface area contributed by atoms with Crippen molar-refractivity contribution < 1.29 is 58.2 Å². The molecule has 57 heavy (non-hydrogen) atoms. The van der Waals surface area contributed by atoms with E-state index in [1.54, 1.807) is 27.0 Å². The normalized spacial score (nSPS) is 35.4. The van der Waals surface area contributed by atoms with Crippen LogP contribution < -0.4 is 0 Å². The number of Topliss-reactive ketones (excluding diaryl/α,β-unsaturated/α-hetero) is 2. The number of carbonyl (C=O) groups excluding carboxylic acids is 4. The van der Waals surface area contributed by atoms with E-state index in [4.69, 9.17) is 23.7 Å². The highest BCUT2D eigenvalue weighted by Gasteiger charge is 2.58. The largest absolute Gasteiger partial charge is 0.456 e. The Labute approximate surface area is 339 Å². The second-order valence-electron chi connectivity index (χ2n) is 17.3. The average molecular weight is 806 g/mol. The van der Waals surface area contributed by atoms with E-state index in [9.17, 15) is 34.5 Å². The molecular formula is C44H71NO12. The van der Waals surface area contributed by atoms with Gasteiger partial charge in [-0.2, -0.15) is 0 Å². The zero-order valence-corrected chi connectivity index (χ0v) is 35.6. The first-order valence-corrected chi connectivity index (χ1v) is 21.4. The van der Waals surface area contributed by atoms with Gasteiger partial charge in [-0.15, -0.1) is 6.58 Å². The molecule has 4 rings (SSSR count). The summed E-state index contributed by atoms with van der Waals surface area (Å²) in [6, 6.07) is -1.17. The van der Waals surface area contributed by atoms with Gasteiger partial charge in [-0.05, 0) is 75.2 Å². The quantitative estimate of drug-likeness (QED) is 0.0932. The third kappa shape index (κ3) is 10.6. The second kappa shape index (κ2) is 21.1. The van der Waals surface area contributed by atoms with Crippen LogP contribution >= 0.6 is 0 Å². The number of hydrogen-bond donors (Lipinski definition) is 3. The first-order valence-electron chi connectivity index (χ1n) is 21.4. The molecule has 1 saturated carbocycles. The second-order valence-corrected chi connectivity index (χ2v) is 17.3. The number of hydrogen-bond acceptors (Lipinski definition) is 12. The van der Waals surface area contributed by atoms with E-state index in [1.165, 1.54) is 19.1 Å². The lowest BCUT2D eigenvalue weighted by molar-refractivity contribution is -0.301. The van der Waals surface area contributed by atoms with Crippen molar-refractivity contribution in [3.63, 3.8) is 0 Å². The lowest BCUT2D eigenvalue weighted by Crippen LogP contribution is -2.66. The standard InChI is InChI=1S/C44H71NO12/c1-10-14-25(4)20-29(15-11-2)34(48)24-33(47)27(6)39-31(22-28-17-18-32(46)36(23-28)54-8)30-16-13-19-45(38(30)43(51)56-39)42(50)41(49)44(52)26(5)21-37(55-9)40(57-44)35(12-3)53-7/h11,22,25-30,32-33,35-40,46-47,52H,2,10,12-21,23-24H2,1,3-9H3/b31-22+/t25?,26-,27?,28+,29-,30?,32-,33?,35+,36-,37+,38?,39?,40-,44-/m1/s1. The molecule has 0 aromatic carbocycles. The van der Waals surface area contributed by atoms with Crippen molar-refractivity contribution in [3.05, 3.63) is 24.3 Å². The number of rotatable bonds is 19. The molecule has 0 radical (unpaired) electrons. The van der Waals surface area contributed by atoms with Crippen molar-refractivity contribution in [2.45, 2.75) is 166 Å². The maximum Gasteiger partial charge on any atom is 0.330 e. The van der Waals surface area contributed by atoms with Crippen LogP contribution in [0.1, 0.15) is 112 Å². The van der Waals surface area contributed by atoms with E-state index in [2.05, 4.69) is 20.4 Å². The lowest BCUT2D eigenvalue weighted by atomic mass is 9.72. The molecule has 0 aromatic heterocycles. The van der Waals surface area contributed by atoms with E-state index < -0.39 is 90.0 Å². The summed E-state index contributed by atoms with van der Waals surface area (Å²) >= 11 is 0. The smallest absolute Gasteiger partial charge is 0.330 e. The Morgan fingerprint density at radius 2 is 1.77 bits per heavy atom. The van der Waals surface area contributed by atoms with Crippen LogP contribution in [0.25, 0.3) is 0 Å². The van der Waals surface area contributed by atoms with Crippen LogP contribution in [0.4, 0.5) is 0 Å². The molecular weight excluding hydrogens is 734 g/mol. The fourth-order valence-corrected chi connectivity index (χ4v) is 9.89. The molecule has 3 N–H and O–H groups in total. The predicted octanol–water partition coefficient (Wildman–Crippen LogP) is 4.72. The first-order chi connectivity index (χ1) is 27.1. The van der Waals surface area contributed by atoms with Gasteiger partial charge in [0.25, 0.3) is 11.7 Å². The molecule has 15 atom stereocenters. The summed E-state index contributed by atoms with van der Waals surface area (Å²) in [6.45, 7) is 13.5. The Morgan fingerprint density at radius 1 is 1.07 bits per heavy atom. The van der Waals surface area contributed by atoms with Gasteiger partial charge in [-0.3, -0.25) is 14.4 Å². The van der Waals surface area contributed by atoms with Crippen molar-refractivity contribution in [1.29, 1.82) is 0 Å². The van der Waals surface area contributed by atoms with E-state index in [-0.39, 0.29) is 37.0 Å². The van der Waals surface area contributed by atoms with Crippen molar-refractivity contribution in [3.8, 4) is 0 Å². The third-order valence-corrected chi connectivity index (χ3v) is 13.4. The number of cyclic esters (lactones) is 1. The van der Waals surface area contributed by atoms with Crippen LogP contribution in [-0.4, -0.2) is 126 Å². The number of methoxy groups -OCH3 is 3. The Morgan fingerprint density at radius 3 is 2.39 bits per heavy atom. The van der Waals surface area contributed by atoms with Crippen LogP contribution in [0.2, 0.25) is 0 Å².